The molecule has 2 aromatic carbocycles. The number of aromatic nitrogens is 2. The molecule has 1 amide bonds. The molecule has 0 bridgehead atoms. The lowest BCUT2D eigenvalue weighted by Crippen LogP contribution is -2.41. The van der Waals surface area contributed by atoms with Gasteiger partial charge in [-0.25, -0.2) is 4.79 Å². The standard InChI is InChI=1S/C28H34N4O2/c1-18(27(29)33)31-24-10-2-3-11-25(24)32(28(31)34)21-14-16-30(17-15-21)23-13-12-20-7-4-6-19-8-5-9-22(23)26(19)20/h2-3,5,8-11,18,20-21,23H,4,6-7,12-17H2,1H3,(H2,29,33). The first-order valence-corrected chi connectivity index (χ1v) is 12.9. The van der Waals surface area contributed by atoms with Gasteiger partial charge in [0.25, 0.3) is 0 Å². The number of aryl methyl sites for hydroxylation is 1. The SMILES string of the molecule is CC(C(N)=O)n1c(=O)n(C2CCN(C3CCC4CCCc5cccc3c54)CC2)c2ccccc21. The largest absolute Gasteiger partial charge is 0.368 e. The van der Waals surface area contributed by atoms with E-state index in [2.05, 4.69) is 23.1 Å². The Morgan fingerprint density at radius 3 is 2.50 bits per heavy atom. The maximum absolute atomic E-state index is 13.5. The number of benzene rings is 2. The summed E-state index contributed by atoms with van der Waals surface area (Å²) in [6.45, 7) is 3.68. The summed E-state index contributed by atoms with van der Waals surface area (Å²) in [6, 6.07) is 14.7. The van der Waals surface area contributed by atoms with Crippen LogP contribution in [0.25, 0.3) is 11.0 Å². The minimum Gasteiger partial charge on any atom is -0.368 e. The third kappa shape index (κ3) is 3.34. The second-order valence-electron chi connectivity index (χ2n) is 10.5. The Balaban J connectivity index is 1.28. The number of amides is 1. The molecule has 3 aromatic rings. The van der Waals surface area contributed by atoms with Gasteiger partial charge in [-0.05, 0) is 86.6 Å². The average molecular weight is 459 g/mol. The lowest BCUT2D eigenvalue weighted by molar-refractivity contribution is -0.120. The summed E-state index contributed by atoms with van der Waals surface area (Å²) < 4.78 is 3.50. The summed E-state index contributed by atoms with van der Waals surface area (Å²) in [5.41, 5.74) is 11.9. The van der Waals surface area contributed by atoms with Gasteiger partial charge in [-0.3, -0.25) is 18.8 Å². The van der Waals surface area contributed by atoms with Crippen LogP contribution in [0.15, 0.2) is 47.3 Å². The number of nitrogens with zero attached hydrogens (tertiary/aromatic N) is 3. The van der Waals surface area contributed by atoms with E-state index in [0.717, 1.165) is 42.9 Å². The number of fused-ring (bicyclic) bond motifs is 1. The third-order valence-electron chi connectivity index (χ3n) is 8.70. The molecule has 6 rings (SSSR count). The zero-order valence-electron chi connectivity index (χ0n) is 20.0. The Morgan fingerprint density at radius 1 is 0.971 bits per heavy atom. The fourth-order valence-electron chi connectivity index (χ4n) is 7.01. The van der Waals surface area contributed by atoms with E-state index in [-0.39, 0.29) is 11.7 Å². The van der Waals surface area contributed by atoms with Gasteiger partial charge in [0.1, 0.15) is 6.04 Å². The van der Waals surface area contributed by atoms with Gasteiger partial charge in [0.15, 0.2) is 0 Å². The average Bonchev–Trinajstić information content (AvgIpc) is 3.16. The van der Waals surface area contributed by atoms with Crippen molar-refractivity contribution in [2.24, 2.45) is 5.73 Å². The molecule has 3 unspecified atom stereocenters. The maximum Gasteiger partial charge on any atom is 0.330 e. The van der Waals surface area contributed by atoms with E-state index in [9.17, 15) is 9.59 Å². The summed E-state index contributed by atoms with van der Waals surface area (Å²) >= 11 is 0. The monoisotopic (exact) mass is 458 g/mol. The van der Waals surface area contributed by atoms with E-state index in [0.29, 0.717) is 6.04 Å². The number of likely N-dealkylation sites (tertiary alicyclic amines) is 1. The van der Waals surface area contributed by atoms with Crippen LogP contribution < -0.4 is 11.4 Å². The number of rotatable bonds is 4. The molecule has 1 fully saturated rings. The molecule has 3 atom stereocenters. The molecule has 1 saturated heterocycles. The Kier molecular flexibility index (Phi) is 5.36. The van der Waals surface area contributed by atoms with Crippen molar-refractivity contribution in [2.75, 3.05) is 13.1 Å². The molecule has 0 saturated carbocycles. The van der Waals surface area contributed by atoms with E-state index in [1.807, 2.05) is 28.8 Å². The molecule has 6 nitrogen and oxygen atoms in total. The number of imidazole rings is 1. The number of hydrogen-bond acceptors (Lipinski definition) is 3. The highest BCUT2D eigenvalue weighted by Gasteiger charge is 2.36. The molecule has 2 N–H and O–H groups in total. The van der Waals surface area contributed by atoms with Gasteiger partial charge < -0.3 is 5.73 Å². The lowest BCUT2D eigenvalue weighted by Gasteiger charge is -2.43. The van der Waals surface area contributed by atoms with Crippen LogP contribution in [0.3, 0.4) is 0 Å². The van der Waals surface area contributed by atoms with Crippen molar-refractivity contribution in [1.29, 1.82) is 0 Å². The van der Waals surface area contributed by atoms with Crippen LogP contribution in [-0.2, 0) is 11.2 Å². The molecule has 0 spiro atoms. The number of para-hydroxylation sites is 2. The predicted molar refractivity (Wildman–Crippen MR) is 134 cm³/mol. The smallest absolute Gasteiger partial charge is 0.330 e. The Morgan fingerprint density at radius 2 is 1.74 bits per heavy atom. The van der Waals surface area contributed by atoms with Crippen LogP contribution in [0.4, 0.5) is 0 Å². The summed E-state index contributed by atoms with van der Waals surface area (Å²) in [5, 5.41) is 0. The molecule has 6 heteroatoms. The van der Waals surface area contributed by atoms with E-state index in [4.69, 9.17) is 5.73 Å². The van der Waals surface area contributed by atoms with Gasteiger partial charge >= 0.3 is 5.69 Å². The molecule has 0 radical (unpaired) electrons. The quantitative estimate of drug-likeness (QED) is 0.628. The molecule has 3 aliphatic rings. The van der Waals surface area contributed by atoms with Crippen molar-refractivity contribution in [3.8, 4) is 0 Å². The zero-order valence-corrected chi connectivity index (χ0v) is 20.0. The Bertz CT molecular complexity index is 1300. The van der Waals surface area contributed by atoms with Crippen LogP contribution >= 0.6 is 0 Å². The minimum absolute atomic E-state index is 0.122. The summed E-state index contributed by atoms with van der Waals surface area (Å²) in [4.78, 5) is 28.1. The molecule has 34 heavy (non-hydrogen) atoms. The number of piperidine rings is 1. The predicted octanol–water partition coefficient (Wildman–Crippen LogP) is 4.44. The van der Waals surface area contributed by atoms with Crippen LogP contribution in [0.1, 0.15) is 86.2 Å². The number of nitrogens with two attached hydrogens (primary N) is 1. The first-order valence-electron chi connectivity index (χ1n) is 12.9. The highest BCUT2D eigenvalue weighted by Crippen LogP contribution is 2.47. The van der Waals surface area contributed by atoms with Crippen LogP contribution in [0.5, 0.6) is 0 Å². The van der Waals surface area contributed by atoms with Gasteiger partial charge in [-0.15, -0.1) is 0 Å². The van der Waals surface area contributed by atoms with Gasteiger partial charge in [-0.1, -0.05) is 30.3 Å². The summed E-state index contributed by atoms with van der Waals surface area (Å²) in [6.07, 6.45) is 8.31. The first-order chi connectivity index (χ1) is 16.5. The van der Waals surface area contributed by atoms with Crippen LogP contribution in [0, 0.1) is 0 Å². The number of hydrogen-bond donors (Lipinski definition) is 1. The molecule has 1 aromatic heterocycles. The maximum atomic E-state index is 13.5. The molecule has 178 valence electrons. The van der Waals surface area contributed by atoms with E-state index in [1.165, 1.54) is 32.1 Å². The van der Waals surface area contributed by atoms with Crippen molar-refractivity contribution in [1.82, 2.24) is 14.0 Å². The number of carbonyl (C=O) groups is 1. The number of primary amides is 1. The zero-order chi connectivity index (χ0) is 23.4. The first kappa shape index (κ1) is 21.7. The summed E-state index contributed by atoms with van der Waals surface area (Å²) in [7, 11) is 0. The Hall–Kier alpha value is -2.86. The van der Waals surface area contributed by atoms with Crippen molar-refractivity contribution in [2.45, 2.75) is 75.9 Å². The van der Waals surface area contributed by atoms with Crippen molar-refractivity contribution >= 4 is 16.9 Å². The highest BCUT2D eigenvalue weighted by molar-refractivity contribution is 5.82. The number of carbonyl (C=O) groups excluding carboxylic acids is 1. The van der Waals surface area contributed by atoms with Crippen LogP contribution in [0.2, 0.25) is 0 Å². The molecule has 2 aliphatic carbocycles. The minimum atomic E-state index is -0.668. The lowest BCUT2D eigenvalue weighted by atomic mass is 9.71. The fraction of sp³-hybridized carbons (Fsp3) is 0.500. The Labute approximate surface area is 200 Å². The fourth-order valence-corrected chi connectivity index (χ4v) is 7.01. The van der Waals surface area contributed by atoms with E-state index in [1.54, 1.807) is 28.2 Å². The molecular formula is C28H34N4O2. The van der Waals surface area contributed by atoms with Gasteiger partial charge in [0, 0.05) is 25.2 Å². The topological polar surface area (TPSA) is 73.3 Å². The van der Waals surface area contributed by atoms with Crippen molar-refractivity contribution in [3.63, 3.8) is 0 Å². The van der Waals surface area contributed by atoms with Gasteiger partial charge in [0.05, 0.1) is 11.0 Å². The molecular weight excluding hydrogens is 424 g/mol. The van der Waals surface area contributed by atoms with E-state index >= 15 is 0 Å². The highest BCUT2D eigenvalue weighted by atomic mass is 16.2. The third-order valence-corrected chi connectivity index (χ3v) is 8.70. The van der Waals surface area contributed by atoms with Gasteiger partial charge in [0.2, 0.25) is 5.91 Å². The normalized spacial score (nSPS) is 24.1. The summed E-state index contributed by atoms with van der Waals surface area (Å²) in [5.74, 6) is 0.271. The van der Waals surface area contributed by atoms with Gasteiger partial charge in [-0.2, -0.15) is 0 Å². The van der Waals surface area contributed by atoms with E-state index < -0.39 is 11.9 Å². The second-order valence-corrected chi connectivity index (χ2v) is 10.5. The van der Waals surface area contributed by atoms with Crippen molar-refractivity contribution in [3.05, 3.63) is 69.6 Å². The molecule has 2 heterocycles. The molecule has 1 aliphatic heterocycles. The van der Waals surface area contributed by atoms with Crippen molar-refractivity contribution < 1.29 is 4.79 Å². The van der Waals surface area contributed by atoms with Crippen LogP contribution in [-0.4, -0.2) is 33.0 Å². The second kappa shape index (κ2) is 8.42.